The predicted molar refractivity (Wildman–Crippen MR) is 423 cm³/mol. The number of carbonyl (C=O) groups excluding carboxylic acids is 8. The number of carboxylic acids is 2. The highest BCUT2D eigenvalue weighted by atomic mass is 32.1. The lowest BCUT2D eigenvalue weighted by molar-refractivity contribution is -0.150. The molecule has 4 rings (SSSR count). The Morgan fingerprint density at radius 2 is 0.860 bits per heavy atom. The number of benzene rings is 2. The van der Waals surface area contributed by atoms with Crippen LogP contribution in [0.1, 0.15) is 250 Å². The highest BCUT2D eigenvalue weighted by Gasteiger charge is 2.42. The van der Waals surface area contributed by atoms with Crippen LogP contribution in [-0.4, -0.2) is 160 Å². The second-order valence-corrected chi connectivity index (χ2v) is 33.2. The minimum atomic E-state index is -1.09. The van der Waals surface area contributed by atoms with E-state index in [0.717, 1.165) is 24.0 Å². The normalized spacial score (nSPS) is 15.2. The van der Waals surface area contributed by atoms with Gasteiger partial charge in [0, 0.05) is 99.5 Å². The van der Waals surface area contributed by atoms with Crippen molar-refractivity contribution in [2.75, 3.05) is 34.2 Å². The molecule has 4 aromatic rings. The van der Waals surface area contributed by atoms with Gasteiger partial charge in [-0.15, -0.1) is 22.7 Å². The van der Waals surface area contributed by atoms with Gasteiger partial charge >= 0.3 is 24.0 Å². The Bertz CT molecular complexity index is 3450. The lowest BCUT2D eigenvalue weighted by Gasteiger charge is -2.39. The Hall–Kier alpha value is -7.48. The Labute approximate surface area is 645 Å². The van der Waals surface area contributed by atoms with Crippen LogP contribution in [0.2, 0.25) is 0 Å². The van der Waals surface area contributed by atoms with Gasteiger partial charge in [-0.05, 0) is 127 Å². The number of amides is 5. The van der Waals surface area contributed by atoms with E-state index in [1.807, 2.05) is 167 Å². The van der Waals surface area contributed by atoms with Crippen molar-refractivity contribution in [1.29, 1.82) is 0 Å². The predicted octanol–water partition coefficient (Wildman–Crippen LogP) is 14.0. The van der Waals surface area contributed by atoms with E-state index in [2.05, 4.69) is 36.6 Å². The second kappa shape index (κ2) is 45.5. The first-order valence-corrected chi connectivity index (χ1v) is 40.2. The number of nitrogens with one attached hydrogen (secondary N) is 5. The van der Waals surface area contributed by atoms with E-state index in [4.69, 9.17) is 9.47 Å². The summed E-state index contributed by atoms with van der Waals surface area (Å²) in [5.41, 5.74) is -0.0118. The summed E-state index contributed by atoms with van der Waals surface area (Å²) in [5.74, 6) is -4.53. The van der Waals surface area contributed by atoms with Crippen molar-refractivity contribution in [2.45, 2.75) is 257 Å². The highest BCUT2D eigenvalue weighted by molar-refractivity contribution is 7.10. The molecule has 0 aliphatic heterocycles. The molecule has 23 nitrogen and oxygen atoms in total. The van der Waals surface area contributed by atoms with Crippen LogP contribution in [0, 0.1) is 58.2 Å². The molecule has 12 atom stereocenters. The zero-order chi connectivity index (χ0) is 80.8. The third kappa shape index (κ3) is 29.5. The first-order chi connectivity index (χ1) is 50.3. The number of hydrogen-bond acceptors (Lipinski definition) is 18. The summed E-state index contributed by atoms with van der Waals surface area (Å²) in [4.78, 5) is 146. The minimum Gasteiger partial charge on any atom is -0.481 e. The average molecular weight is 1530 g/mol. The number of alkyl carbamates (subject to hydrolysis) is 1. The van der Waals surface area contributed by atoms with Gasteiger partial charge in [0.1, 0.15) is 21.4 Å². The average Bonchev–Trinajstić information content (AvgIpc) is 1.79. The number of carbonyl (C=O) groups is 10. The van der Waals surface area contributed by atoms with Gasteiger partial charge in [-0.3, -0.25) is 43.2 Å². The largest absolute Gasteiger partial charge is 0.481 e. The molecule has 0 bridgehead atoms. The minimum absolute atomic E-state index is 0.00986. The molecule has 0 aliphatic carbocycles. The summed E-state index contributed by atoms with van der Waals surface area (Å²) < 4.78 is 11.7. The molecule has 25 heteroatoms. The number of nitrogens with zero attached hydrogens (tertiary/aromatic N) is 4. The molecule has 2 aromatic heterocycles. The quantitative estimate of drug-likeness (QED) is 0.0202. The van der Waals surface area contributed by atoms with E-state index in [0.29, 0.717) is 48.8 Å². The third-order valence-corrected chi connectivity index (χ3v) is 22.2. The van der Waals surface area contributed by atoms with Crippen molar-refractivity contribution in [2.24, 2.45) is 58.2 Å². The summed E-state index contributed by atoms with van der Waals surface area (Å²) in [7, 11) is 5.00. The molecule has 0 saturated heterocycles. The van der Waals surface area contributed by atoms with Crippen LogP contribution in [0.4, 0.5) is 4.79 Å². The Kier molecular flexibility index (Phi) is 39.8. The van der Waals surface area contributed by atoms with Crippen LogP contribution >= 0.6 is 22.7 Å². The van der Waals surface area contributed by atoms with Crippen molar-refractivity contribution in [3.05, 3.63) is 104 Å². The summed E-state index contributed by atoms with van der Waals surface area (Å²) in [6.45, 7) is 36.9. The smallest absolute Gasteiger partial charge is 0.407 e. The molecule has 7 N–H and O–H groups in total. The first kappa shape index (κ1) is 93.7. The number of Topliss-reactive ketones (excluding diaryl/α,β-unsaturated/α-hetero) is 2. The zero-order valence-corrected chi connectivity index (χ0v) is 69.6. The van der Waals surface area contributed by atoms with Crippen molar-refractivity contribution in [1.82, 2.24) is 46.4 Å². The molecular formula is C82H129N9O14S2. The van der Waals surface area contributed by atoms with Crippen LogP contribution in [0.3, 0.4) is 0 Å². The summed E-state index contributed by atoms with van der Waals surface area (Å²) in [5, 5.41) is 38.4. The van der Waals surface area contributed by atoms with Crippen molar-refractivity contribution < 1.29 is 67.6 Å². The SMILES string of the molecule is CCCN(C(=O)[C@@H](CC(=O)[C@H](NC)C(C)C)[C@@H](C)CC)[C@H](C[C@@H](OC(=O)NC)c1nc(C(=O)N[C@@H](Cc2ccccc2)CC(C)(C)C(=O)O)cs1)C(C)C.CCCN(C(=O)[C@@H](CC(=O)[C@H](NC)C(C)C)[C@@H](C)CC)[C@H](C[C@@H](OC(C)=O)c1nc(C(=O)N[C@@H](Cc2ccccc2)CC(C)(C)C(=O)O)cs1)C(C)C. The maximum atomic E-state index is 14.6. The molecule has 0 saturated carbocycles. The fourth-order valence-electron chi connectivity index (χ4n) is 13.7. The van der Waals surface area contributed by atoms with Gasteiger partial charge in [0.15, 0.2) is 23.8 Å². The molecule has 0 spiro atoms. The zero-order valence-electron chi connectivity index (χ0n) is 68.0. The maximum Gasteiger partial charge on any atom is 0.407 e. The number of aromatic nitrogens is 2. The van der Waals surface area contributed by atoms with Gasteiger partial charge in [0.2, 0.25) is 11.8 Å². The number of hydrogen-bond donors (Lipinski definition) is 7. The van der Waals surface area contributed by atoms with Gasteiger partial charge < -0.3 is 56.1 Å². The molecule has 0 unspecified atom stereocenters. The van der Waals surface area contributed by atoms with E-state index >= 15 is 0 Å². The topological polar surface area (TPSA) is 322 Å². The van der Waals surface area contributed by atoms with E-state index in [-0.39, 0.29) is 133 Å². The molecule has 0 aliphatic rings. The van der Waals surface area contributed by atoms with Crippen molar-refractivity contribution in [3.63, 3.8) is 0 Å². The number of thiazole rings is 2. The lowest BCUT2D eigenvalue weighted by Crippen LogP contribution is -2.50. The Balaban J connectivity index is 0.000000555. The summed E-state index contributed by atoms with van der Waals surface area (Å²) in [6.07, 6.45) is 2.45. The fraction of sp³-hybridized carbons (Fsp3) is 0.659. The molecule has 0 radical (unpaired) electrons. The Morgan fingerprint density at radius 3 is 1.14 bits per heavy atom. The number of likely N-dealkylation sites (N-methyl/N-ethyl adjacent to an activating group) is 2. The summed E-state index contributed by atoms with van der Waals surface area (Å²) in [6, 6.07) is 16.7. The molecule has 0 fully saturated rings. The molecule has 2 aromatic carbocycles. The number of carboxylic acid groups (broad SMARTS) is 2. The van der Waals surface area contributed by atoms with Gasteiger partial charge in [0.25, 0.3) is 11.8 Å². The van der Waals surface area contributed by atoms with Gasteiger partial charge in [-0.2, -0.15) is 0 Å². The third-order valence-electron chi connectivity index (χ3n) is 20.3. The highest BCUT2D eigenvalue weighted by Crippen LogP contribution is 2.37. The molecule has 598 valence electrons. The van der Waals surface area contributed by atoms with Crippen LogP contribution in [0.5, 0.6) is 0 Å². The maximum absolute atomic E-state index is 14.6. The monoisotopic (exact) mass is 1530 g/mol. The van der Waals surface area contributed by atoms with E-state index < -0.39 is 82.8 Å². The van der Waals surface area contributed by atoms with Crippen LogP contribution in [0.25, 0.3) is 0 Å². The van der Waals surface area contributed by atoms with E-state index in [9.17, 15) is 58.2 Å². The van der Waals surface area contributed by atoms with Crippen molar-refractivity contribution >= 4 is 81.9 Å². The number of aliphatic carboxylic acids is 2. The Morgan fingerprint density at radius 1 is 0.514 bits per heavy atom. The molecule has 2 heterocycles. The molecule has 107 heavy (non-hydrogen) atoms. The number of rotatable bonds is 46. The standard InChI is InChI=1S/C41H65N5O7S.C41H64N4O7S/c1-12-19-46(38(49)30(27(7)13-2)21-33(47)35(42-10)26(5)6)32(25(3)4)22-34(53-40(52)43-11)37-45-31(24-54-37)36(48)44-29(23-41(8,9)39(50)51)20-28-17-15-14-16-18-28;1-12-19-45(39(49)31(27(7)13-2)21-34(47)36(42-11)26(5)6)33(25(3)4)22-35(52-28(8)46)38-44-32(24-53-38)37(48)43-30(23-41(9,10)40(50)51)20-29-17-15-14-16-18-29/h14-18,24-27,29-30,32,34-35,42H,12-13,19-23H2,1-11H3,(H,43,52)(H,44,48)(H,50,51);14-18,24-27,30-31,33,35-36,42H,12-13,19-23H2,1-11H3,(H,43,48)(H,50,51)/t27-,29-,30-,32+,34+,35+;27-,30-,31-,33+,35+,36+/m00/s1. The fourth-order valence-corrected chi connectivity index (χ4v) is 15.4. The molecular weight excluding hydrogens is 1400 g/mol. The second-order valence-electron chi connectivity index (χ2n) is 31.4. The first-order valence-electron chi connectivity index (χ1n) is 38.4. The van der Waals surface area contributed by atoms with Crippen molar-refractivity contribution in [3.8, 4) is 0 Å². The van der Waals surface area contributed by atoms with Crippen LogP contribution < -0.4 is 26.6 Å². The number of ketones is 2. The van der Waals surface area contributed by atoms with E-state index in [1.165, 1.54) is 36.6 Å². The van der Waals surface area contributed by atoms with E-state index in [1.54, 1.807) is 52.6 Å². The number of esters is 1. The summed E-state index contributed by atoms with van der Waals surface area (Å²) >= 11 is 2.38. The van der Waals surface area contributed by atoms with Gasteiger partial charge in [-0.25, -0.2) is 14.8 Å². The van der Waals surface area contributed by atoms with Crippen LogP contribution in [0.15, 0.2) is 71.4 Å². The van der Waals surface area contributed by atoms with Crippen LogP contribution in [-0.2, 0) is 55.9 Å². The molecule has 5 amide bonds. The number of ether oxygens (including phenoxy) is 2. The van der Waals surface area contributed by atoms with Gasteiger partial charge in [-0.1, -0.05) is 170 Å². The van der Waals surface area contributed by atoms with Gasteiger partial charge in [0.05, 0.1) is 22.9 Å². The lowest BCUT2D eigenvalue weighted by atomic mass is 9.82.